The lowest BCUT2D eigenvalue weighted by Crippen LogP contribution is -2.32. The van der Waals surface area contributed by atoms with Crippen molar-refractivity contribution in [3.63, 3.8) is 0 Å². The summed E-state index contributed by atoms with van der Waals surface area (Å²) in [5.74, 6) is 2.49. The van der Waals surface area contributed by atoms with E-state index in [0.29, 0.717) is 13.1 Å². The molecule has 1 N–H and O–H groups in total. The molecule has 174 valence electrons. The molecule has 1 fully saturated rings. The molecule has 4 aliphatic rings. The normalized spacial score (nSPS) is 19.0. The maximum absolute atomic E-state index is 13.3. The summed E-state index contributed by atoms with van der Waals surface area (Å²) in [5.41, 5.74) is 2.09. The smallest absolute Gasteiger partial charge is 0.331 e. The van der Waals surface area contributed by atoms with E-state index in [9.17, 15) is 4.79 Å². The first kappa shape index (κ1) is 24.5. The van der Waals surface area contributed by atoms with Crippen LogP contribution < -0.4 is 11.0 Å². The summed E-state index contributed by atoms with van der Waals surface area (Å²) < 4.78 is 3.70. The molecule has 1 unspecified atom stereocenters. The fourth-order valence-electron chi connectivity index (χ4n) is 5.09. The van der Waals surface area contributed by atoms with E-state index in [4.69, 9.17) is 9.97 Å². The van der Waals surface area contributed by atoms with Crippen molar-refractivity contribution in [2.24, 2.45) is 0 Å². The molecule has 0 spiro atoms. The van der Waals surface area contributed by atoms with E-state index in [1.165, 1.54) is 24.8 Å². The Kier molecular flexibility index (Phi) is 7.50. The largest absolute Gasteiger partial charge is 0.365 e. The van der Waals surface area contributed by atoms with Crippen LogP contribution in [0.3, 0.4) is 0 Å². The number of halogens is 2. The van der Waals surface area contributed by atoms with E-state index in [0.717, 1.165) is 48.8 Å². The zero-order valence-corrected chi connectivity index (χ0v) is 20.3. The summed E-state index contributed by atoms with van der Waals surface area (Å²) in [7, 11) is 0. The summed E-state index contributed by atoms with van der Waals surface area (Å²) in [6, 6.07) is 4.22. The zero-order chi connectivity index (χ0) is 20.7. The average Bonchev–Trinajstić information content (AvgIpc) is 3.38. The second-order valence-corrected chi connectivity index (χ2v) is 9.14. The van der Waals surface area contributed by atoms with Gasteiger partial charge in [-0.15, -0.1) is 24.8 Å². The summed E-state index contributed by atoms with van der Waals surface area (Å²) >= 11 is 0. The van der Waals surface area contributed by atoms with Gasteiger partial charge < -0.3 is 5.32 Å². The van der Waals surface area contributed by atoms with Gasteiger partial charge in [0.15, 0.2) is 5.82 Å². The van der Waals surface area contributed by atoms with E-state index in [2.05, 4.69) is 24.1 Å². The number of pyridine rings is 1. The molecular formula is C23H32Cl2N6O. The number of hydrogen-bond donors (Lipinski definition) is 1. The molecular weight excluding hydrogens is 447 g/mol. The first-order valence-corrected chi connectivity index (χ1v) is 11.3. The monoisotopic (exact) mass is 478 g/mol. The third-order valence-corrected chi connectivity index (χ3v) is 6.77. The Morgan fingerprint density at radius 2 is 1.84 bits per heavy atom. The molecule has 0 aromatic carbocycles. The standard InChI is InChI=1S/C23H30N6O.2ClH/c1-3-13-28-20-18(26-21(27-20)23(2)9-5-4-6-10-23)19-25-17(15-29(19)22(28)30)14-16-7-11-24-12-8-16;;/h7-8,11-12,17,25H,3-6,9-10,13-15H2,1-2H3;2*1H. The van der Waals surface area contributed by atoms with Crippen LogP contribution in [0.15, 0.2) is 29.3 Å². The van der Waals surface area contributed by atoms with Crippen molar-refractivity contribution in [3.8, 4) is 11.5 Å². The van der Waals surface area contributed by atoms with Crippen molar-refractivity contribution >= 4 is 30.6 Å². The summed E-state index contributed by atoms with van der Waals surface area (Å²) in [4.78, 5) is 27.4. The third-order valence-electron chi connectivity index (χ3n) is 6.77. The first-order chi connectivity index (χ1) is 14.6. The molecule has 0 bridgehead atoms. The van der Waals surface area contributed by atoms with Gasteiger partial charge in [-0.1, -0.05) is 33.1 Å². The number of aromatic nitrogens is 5. The molecule has 32 heavy (non-hydrogen) atoms. The zero-order valence-electron chi connectivity index (χ0n) is 18.7. The molecule has 5 rings (SSSR count). The number of anilines is 1. The lowest BCUT2D eigenvalue weighted by Gasteiger charge is -2.30. The van der Waals surface area contributed by atoms with Gasteiger partial charge >= 0.3 is 5.69 Å². The second-order valence-electron chi connectivity index (χ2n) is 9.14. The summed E-state index contributed by atoms with van der Waals surface area (Å²) in [6.45, 7) is 5.70. The van der Waals surface area contributed by atoms with Crippen LogP contribution in [0, 0.1) is 0 Å². The van der Waals surface area contributed by atoms with Gasteiger partial charge in [0, 0.05) is 36.9 Å². The van der Waals surface area contributed by atoms with Crippen molar-refractivity contribution in [3.05, 3.63) is 46.4 Å². The highest BCUT2D eigenvalue weighted by Crippen LogP contribution is 2.40. The Balaban J connectivity index is 0.00000144. The Labute approximate surface area is 201 Å². The van der Waals surface area contributed by atoms with E-state index in [1.807, 2.05) is 33.7 Å². The highest BCUT2D eigenvalue weighted by atomic mass is 35.5. The molecule has 7 nitrogen and oxygen atoms in total. The Bertz CT molecular complexity index is 1070. The maximum Gasteiger partial charge on any atom is 0.331 e. The molecule has 1 atom stereocenters. The van der Waals surface area contributed by atoms with E-state index in [1.54, 1.807) is 0 Å². The summed E-state index contributed by atoms with van der Waals surface area (Å²) in [6.07, 6.45) is 11.3. The van der Waals surface area contributed by atoms with Crippen molar-refractivity contribution in [2.45, 2.75) is 83.3 Å². The van der Waals surface area contributed by atoms with Crippen LogP contribution in [-0.2, 0) is 24.9 Å². The Morgan fingerprint density at radius 1 is 1.12 bits per heavy atom. The molecule has 0 saturated heterocycles. The van der Waals surface area contributed by atoms with Gasteiger partial charge in [-0.3, -0.25) is 14.1 Å². The molecule has 0 amide bonds. The fourth-order valence-corrected chi connectivity index (χ4v) is 5.09. The van der Waals surface area contributed by atoms with Crippen LogP contribution in [0.5, 0.6) is 0 Å². The molecule has 4 heterocycles. The number of nitrogens with one attached hydrogen (secondary N) is 1. The molecule has 0 radical (unpaired) electrons. The fraction of sp³-hybridized carbons (Fsp3) is 0.565. The van der Waals surface area contributed by atoms with Gasteiger partial charge in [0.05, 0.1) is 0 Å². The molecule has 9 heteroatoms. The first-order valence-electron chi connectivity index (χ1n) is 11.3. The van der Waals surface area contributed by atoms with Gasteiger partial charge in [0.2, 0.25) is 0 Å². The van der Waals surface area contributed by atoms with Crippen molar-refractivity contribution in [1.29, 1.82) is 0 Å². The highest BCUT2D eigenvalue weighted by molar-refractivity contribution is 5.85. The van der Waals surface area contributed by atoms with Crippen LogP contribution in [0.2, 0.25) is 0 Å². The summed E-state index contributed by atoms with van der Waals surface area (Å²) in [5, 5.41) is 3.59. The molecule has 1 aliphatic carbocycles. The minimum Gasteiger partial charge on any atom is -0.365 e. The van der Waals surface area contributed by atoms with Crippen molar-refractivity contribution in [2.75, 3.05) is 5.32 Å². The quantitative estimate of drug-likeness (QED) is 0.585. The van der Waals surface area contributed by atoms with E-state index < -0.39 is 0 Å². The Morgan fingerprint density at radius 3 is 2.53 bits per heavy atom. The number of nitrogens with zero attached hydrogens (tertiary/aromatic N) is 5. The minimum absolute atomic E-state index is 0. The second kappa shape index (κ2) is 9.79. The van der Waals surface area contributed by atoms with E-state index in [-0.39, 0.29) is 42.0 Å². The van der Waals surface area contributed by atoms with Gasteiger partial charge in [-0.2, -0.15) is 0 Å². The molecule has 1 aromatic heterocycles. The van der Waals surface area contributed by atoms with E-state index >= 15 is 0 Å². The van der Waals surface area contributed by atoms with Crippen LogP contribution in [0.4, 0.5) is 5.82 Å². The number of imidazole rings is 1. The lowest BCUT2D eigenvalue weighted by molar-refractivity contribution is 0.306. The average molecular weight is 479 g/mol. The SMILES string of the molecule is CCCn1c2nc(C3(C)CCCCC3)nc-2c2n(c1=O)CC(Cc1ccncc1)N2.Cl.Cl. The molecule has 3 aliphatic heterocycles. The predicted octanol–water partition coefficient (Wildman–Crippen LogP) is 4.45. The van der Waals surface area contributed by atoms with Gasteiger partial charge in [-0.05, 0) is 43.4 Å². The molecule has 1 saturated carbocycles. The third kappa shape index (κ3) is 4.25. The number of fused-ring (bicyclic) bond motifs is 3. The number of hydrogen-bond acceptors (Lipinski definition) is 5. The van der Waals surface area contributed by atoms with Gasteiger partial charge in [0.1, 0.15) is 17.3 Å². The van der Waals surface area contributed by atoms with Gasteiger partial charge in [-0.25, -0.2) is 14.8 Å². The van der Waals surface area contributed by atoms with Crippen molar-refractivity contribution < 1.29 is 0 Å². The van der Waals surface area contributed by atoms with Crippen LogP contribution in [0.1, 0.15) is 63.8 Å². The van der Waals surface area contributed by atoms with Crippen molar-refractivity contribution in [1.82, 2.24) is 24.1 Å². The van der Waals surface area contributed by atoms with Crippen LogP contribution in [-0.4, -0.2) is 30.1 Å². The van der Waals surface area contributed by atoms with Crippen LogP contribution >= 0.6 is 24.8 Å². The molecule has 1 aromatic rings. The van der Waals surface area contributed by atoms with Crippen LogP contribution in [0.25, 0.3) is 11.5 Å². The maximum atomic E-state index is 13.3. The number of rotatable bonds is 5. The minimum atomic E-state index is 0. The van der Waals surface area contributed by atoms with Gasteiger partial charge in [0.25, 0.3) is 0 Å². The topological polar surface area (TPSA) is 77.6 Å². The highest BCUT2D eigenvalue weighted by Gasteiger charge is 2.37. The lowest BCUT2D eigenvalue weighted by atomic mass is 9.75. The Hall–Kier alpha value is -2.12. The predicted molar refractivity (Wildman–Crippen MR) is 131 cm³/mol.